The van der Waals surface area contributed by atoms with Gasteiger partial charge in [-0.3, -0.25) is 0 Å². The maximum Gasteiger partial charge on any atom is 0.293 e. The summed E-state index contributed by atoms with van der Waals surface area (Å²) < 4.78 is 15.8. The van der Waals surface area contributed by atoms with Crippen LogP contribution in [-0.2, 0) is 6.61 Å². The van der Waals surface area contributed by atoms with E-state index in [1.54, 1.807) is 24.5 Å². The van der Waals surface area contributed by atoms with E-state index >= 15 is 0 Å². The first-order valence-corrected chi connectivity index (χ1v) is 6.35. The number of hydrogen-bond acceptors (Lipinski definition) is 5. The molecule has 0 amide bonds. The molecule has 0 spiro atoms. The van der Waals surface area contributed by atoms with E-state index in [4.69, 9.17) is 25.3 Å². The van der Waals surface area contributed by atoms with Gasteiger partial charge in [-0.2, -0.15) is 4.98 Å². The molecule has 5 nitrogen and oxygen atoms in total. The zero-order chi connectivity index (χ0) is 13.9. The van der Waals surface area contributed by atoms with Crippen LogP contribution in [0.3, 0.4) is 0 Å². The molecule has 0 atom stereocenters. The van der Waals surface area contributed by atoms with Gasteiger partial charge in [-0.05, 0) is 36.8 Å². The van der Waals surface area contributed by atoms with Crippen LogP contribution < -0.4 is 4.74 Å². The summed E-state index contributed by atoms with van der Waals surface area (Å²) in [5.41, 5.74) is 1.06. The highest BCUT2D eigenvalue weighted by Gasteiger charge is 2.12. The smallest absolute Gasteiger partial charge is 0.293 e. The summed E-state index contributed by atoms with van der Waals surface area (Å²) in [7, 11) is 0. The van der Waals surface area contributed by atoms with Gasteiger partial charge in [0.15, 0.2) is 12.4 Å². The highest BCUT2D eigenvalue weighted by Crippen LogP contribution is 2.26. The van der Waals surface area contributed by atoms with Gasteiger partial charge in [0.25, 0.3) is 5.89 Å². The molecule has 0 aliphatic carbocycles. The molecule has 6 heteroatoms. The average molecular weight is 291 g/mol. The monoisotopic (exact) mass is 290 g/mol. The molecule has 3 aromatic rings. The van der Waals surface area contributed by atoms with Gasteiger partial charge in [0.2, 0.25) is 5.82 Å². The van der Waals surface area contributed by atoms with E-state index in [9.17, 15) is 0 Å². The van der Waals surface area contributed by atoms with E-state index in [1.165, 1.54) is 0 Å². The number of hydrogen-bond donors (Lipinski definition) is 0. The summed E-state index contributed by atoms with van der Waals surface area (Å²) in [6.45, 7) is 2.14. The standard InChI is InChI=1S/C14H11ClN2O3/c1-9-4-5-10(15)12(7-9)19-8-13-16-14(20-17-13)11-3-2-6-18-11/h2-7H,8H2,1H3. The van der Waals surface area contributed by atoms with Crippen molar-refractivity contribution < 1.29 is 13.7 Å². The maximum atomic E-state index is 6.04. The van der Waals surface area contributed by atoms with Gasteiger partial charge in [0.05, 0.1) is 11.3 Å². The van der Waals surface area contributed by atoms with Gasteiger partial charge < -0.3 is 13.7 Å². The van der Waals surface area contributed by atoms with Crippen molar-refractivity contribution in [3.8, 4) is 17.4 Å². The van der Waals surface area contributed by atoms with Crippen molar-refractivity contribution >= 4 is 11.6 Å². The topological polar surface area (TPSA) is 61.3 Å². The third kappa shape index (κ3) is 2.67. The first-order valence-electron chi connectivity index (χ1n) is 5.98. The van der Waals surface area contributed by atoms with Gasteiger partial charge in [-0.25, -0.2) is 0 Å². The van der Waals surface area contributed by atoms with Crippen molar-refractivity contribution in [3.05, 3.63) is 53.0 Å². The minimum Gasteiger partial charge on any atom is -0.484 e. The number of furan rings is 1. The van der Waals surface area contributed by atoms with Crippen LogP contribution in [0.2, 0.25) is 5.02 Å². The Balaban J connectivity index is 1.71. The van der Waals surface area contributed by atoms with Crippen molar-refractivity contribution in [2.24, 2.45) is 0 Å². The second-order valence-corrected chi connectivity index (χ2v) is 4.62. The van der Waals surface area contributed by atoms with Crippen LogP contribution >= 0.6 is 11.6 Å². The molecule has 0 bridgehead atoms. The van der Waals surface area contributed by atoms with Crippen molar-refractivity contribution in [1.29, 1.82) is 0 Å². The minimum atomic E-state index is 0.174. The van der Waals surface area contributed by atoms with Gasteiger partial charge in [0.1, 0.15) is 5.75 Å². The Hall–Kier alpha value is -2.27. The SMILES string of the molecule is Cc1ccc(Cl)c(OCc2noc(-c3ccco3)n2)c1. The Morgan fingerprint density at radius 3 is 3.00 bits per heavy atom. The molecule has 1 aromatic carbocycles. The van der Waals surface area contributed by atoms with E-state index < -0.39 is 0 Å². The Bertz CT molecular complexity index is 707. The molecule has 102 valence electrons. The van der Waals surface area contributed by atoms with Crippen LogP contribution in [0.1, 0.15) is 11.4 Å². The van der Waals surface area contributed by atoms with Crippen LogP contribution in [0.15, 0.2) is 45.5 Å². The van der Waals surface area contributed by atoms with Crippen LogP contribution in [0.25, 0.3) is 11.7 Å². The fraction of sp³-hybridized carbons (Fsp3) is 0.143. The molecule has 3 rings (SSSR count). The minimum absolute atomic E-state index is 0.174. The summed E-state index contributed by atoms with van der Waals surface area (Å²) >= 11 is 6.04. The Morgan fingerprint density at radius 2 is 2.20 bits per heavy atom. The number of aryl methyl sites for hydroxylation is 1. The van der Waals surface area contributed by atoms with Crippen LogP contribution in [0.4, 0.5) is 0 Å². The van der Waals surface area contributed by atoms with E-state index in [1.807, 2.05) is 19.1 Å². The van der Waals surface area contributed by atoms with Gasteiger partial charge in [-0.1, -0.05) is 22.8 Å². The van der Waals surface area contributed by atoms with Crippen molar-refractivity contribution in [2.75, 3.05) is 0 Å². The van der Waals surface area contributed by atoms with Crippen LogP contribution in [0.5, 0.6) is 5.75 Å². The lowest BCUT2D eigenvalue weighted by Crippen LogP contribution is -1.98. The number of ether oxygens (including phenoxy) is 1. The molecular formula is C14H11ClN2O3. The lowest BCUT2D eigenvalue weighted by atomic mass is 10.2. The fourth-order valence-electron chi connectivity index (χ4n) is 1.68. The lowest BCUT2D eigenvalue weighted by Gasteiger charge is -2.06. The van der Waals surface area contributed by atoms with Gasteiger partial charge in [-0.15, -0.1) is 0 Å². The largest absolute Gasteiger partial charge is 0.484 e. The van der Waals surface area contributed by atoms with Crippen LogP contribution in [-0.4, -0.2) is 10.1 Å². The molecule has 0 N–H and O–H groups in total. The molecule has 2 heterocycles. The molecule has 0 saturated heterocycles. The quantitative estimate of drug-likeness (QED) is 0.730. The highest BCUT2D eigenvalue weighted by molar-refractivity contribution is 6.32. The zero-order valence-electron chi connectivity index (χ0n) is 10.7. The average Bonchev–Trinajstić information content (AvgIpc) is 3.09. The van der Waals surface area contributed by atoms with Gasteiger partial charge >= 0.3 is 0 Å². The third-order valence-electron chi connectivity index (χ3n) is 2.64. The molecule has 0 aliphatic heterocycles. The van der Waals surface area contributed by atoms with E-state index in [2.05, 4.69) is 10.1 Å². The second-order valence-electron chi connectivity index (χ2n) is 4.22. The maximum absolute atomic E-state index is 6.04. The molecule has 0 radical (unpaired) electrons. The molecule has 2 aromatic heterocycles. The molecule has 0 fully saturated rings. The number of halogens is 1. The van der Waals surface area contributed by atoms with Crippen LogP contribution in [0, 0.1) is 6.92 Å². The second kappa shape index (κ2) is 5.38. The number of rotatable bonds is 4. The Morgan fingerprint density at radius 1 is 1.30 bits per heavy atom. The van der Waals surface area contributed by atoms with E-state index in [-0.39, 0.29) is 6.61 Å². The zero-order valence-corrected chi connectivity index (χ0v) is 11.4. The van der Waals surface area contributed by atoms with Crippen molar-refractivity contribution in [3.63, 3.8) is 0 Å². The first kappa shape index (κ1) is 12.7. The molecule has 0 aliphatic rings. The number of benzene rings is 1. The number of aromatic nitrogens is 2. The summed E-state index contributed by atoms with van der Waals surface area (Å²) in [5.74, 6) is 1.87. The highest BCUT2D eigenvalue weighted by atomic mass is 35.5. The Labute approximate surface area is 120 Å². The third-order valence-corrected chi connectivity index (χ3v) is 2.96. The van der Waals surface area contributed by atoms with E-state index in [0.717, 1.165) is 5.56 Å². The summed E-state index contributed by atoms with van der Waals surface area (Å²) in [6.07, 6.45) is 1.54. The predicted molar refractivity (Wildman–Crippen MR) is 72.5 cm³/mol. The molecular weight excluding hydrogens is 280 g/mol. The predicted octanol–water partition coefficient (Wildman–Crippen LogP) is 3.87. The molecule has 20 heavy (non-hydrogen) atoms. The summed E-state index contributed by atoms with van der Waals surface area (Å²) in [6, 6.07) is 9.06. The number of nitrogens with zero attached hydrogens (tertiary/aromatic N) is 2. The fourth-order valence-corrected chi connectivity index (χ4v) is 1.85. The lowest BCUT2D eigenvalue weighted by molar-refractivity contribution is 0.287. The first-order chi connectivity index (χ1) is 9.72. The van der Waals surface area contributed by atoms with Gasteiger partial charge in [0, 0.05) is 0 Å². The summed E-state index contributed by atoms with van der Waals surface area (Å²) in [5, 5.41) is 4.37. The summed E-state index contributed by atoms with van der Waals surface area (Å²) in [4.78, 5) is 4.18. The molecule has 0 saturated carbocycles. The van der Waals surface area contributed by atoms with Crippen molar-refractivity contribution in [1.82, 2.24) is 10.1 Å². The van der Waals surface area contributed by atoms with Crippen molar-refractivity contribution in [2.45, 2.75) is 13.5 Å². The van der Waals surface area contributed by atoms with E-state index in [0.29, 0.717) is 28.2 Å². The normalized spacial score (nSPS) is 10.7. The Kier molecular flexibility index (Phi) is 3.43. The molecule has 0 unspecified atom stereocenters.